The van der Waals surface area contributed by atoms with E-state index in [1.165, 1.54) is 0 Å². The maximum absolute atomic E-state index is 15.1. The third-order valence-corrected chi connectivity index (χ3v) is 5.20. The molecule has 0 saturated carbocycles. The molecule has 0 aromatic heterocycles. The fourth-order valence-electron chi connectivity index (χ4n) is 3.52. The summed E-state index contributed by atoms with van der Waals surface area (Å²) in [5, 5.41) is 30.8. The van der Waals surface area contributed by atoms with Crippen LogP contribution in [-0.4, -0.2) is 35.0 Å². The molecule has 0 heterocycles. The van der Waals surface area contributed by atoms with Gasteiger partial charge in [-0.1, -0.05) is 53.7 Å². The van der Waals surface area contributed by atoms with Gasteiger partial charge in [0.1, 0.15) is 17.5 Å². The molecule has 182 valence electrons. The van der Waals surface area contributed by atoms with E-state index in [1.54, 1.807) is 60.9 Å². The molecule has 8 nitrogen and oxygen atoms in total. The van der Waals surface area contributed by atoms with Crippen molar-refractivity contribution in [1.82, 2.24) is 10.8 Å². The van der Waals surface area contributed by atoms with Crippen LogP contribution in [0, 0.1) is 17.0 Å². The first-order valence-corrected chi connectivity index (χ1v) is 10.6. The first-order chi connectivity index (χ1) is 16.9. The van der Waals surface area contributed by atoms with Gasteiger partial charge in [0.2, 0.25) is 0 Å². The highest BCUT2D eigenvalue weighted by Crippen LogP contribution is 2.31. The average Bonchev–Trinajstić information content (AvgIpc) is 2.86. The van der Waals surface area contributed by atoms with Crippen molar-refractivity contribution in [2.24, 2.45) is 5.16 Å². The van der Waals surface area contributed by atoms with Crippen LogP contribution in [0.4, 0.5) is 8.78 Å². The SMILES string of the molecule is CCOC(C(=O)NCc1ccc(C(=N)NO)cc1)c1c(F)cc(-c2ccccc2/C=N\O)cc1F. The maximum Gasteiger partial charge on any atom is 0.254 e. The minimum Gasteiger partial charge on any atom is -0.411 e. The maximum atomic E-state index is 15.1. The van der Waals surface area contributed by atoms with Crippen LogP contribution in [0.15, 0.2) is 65.8 Å². The summed E-state index contributed by atoms with van der Waals surface area (Å²) < 4.78 is 35.7. The monoisotopic (exact) mass is 482 g/mol. The molecular weight excluding hydrogens is 458 g/mol. The molecule has 0 radical (unpaired) electrons. The van der Waals surface area contributed by atoms with E-state index >= 15 is 8.78 Å². The second-order valence-electron chi connectivity index (χ2n) is 7.42. The van der Waals surface area contributed by atoms with Gasteiger partial charge in [0, 0.05) is 24.3 Å². The zero-order chi connectivity index (χ0) is 25.4. The second-order valence-corrected chi connectivity index (χ2v) is 7.42. The number of ether oxygens (including phenoxy) is 1. The number of oxime groups is 1. The topological polar surface area (TPSA) is 127 Å². The van der Waals surface area contributed by atoms with Crippen molar-refractivity contribution >= 4 is 18.0 Å². The molecule has 1 amide bonds. The Hall–Kier alpha value is -4.15. The number of benzene rings is 3. The van der Waals surface area contributed by atoms with Crippen LogP contribution in [0.2, 0.25) is 0 Å². The van der Waals surface area contributed by atoms with Crippen LogP contribution in [0.3, 0.4) is 0 Å². The minimum atomic E-state index is -1.52. The van der Waals surface area contributed by atoms with Gasteiger partial charge in [0.15, 0.2) is 6.10 Å². The molecular formula is C25H24F2N4O4. The van der Waals surface area contributed by atoms with Crippen LogP contribution in [0.1, 0.15) is 35.3 Å². The van der Waals surface area contributed by atoms with Crippen LogP contribution >= 0.6 is 0 Å². The van der Waals surface area contributed by atoms with Gasteiger partial charge < -0.3 is 15.3 Å². The number of nitrogens with one attached hydrogen (secondary N) is 3. The molecule has 1 unspecified atom stereocenters. The van der Waals surface area contributed by atoms with Gasteiger partial charge in [0.25, 0.3) is 5.91 Å². The van der Waals surface area contributed by atoms with Crippen LogP contribution in [-0.2, 0) is 16.1 Å². The summed E-state index contributed by atoms with van der Waals surface area (Å²) in [5.74, 6) is -2.82. The molecule has 0 spiro atoms. The van der Waals surface area contributed by atoms with E-state index in [1.807, 2.05) is 0 Å². The third kappa shape index (κ3) is 6.05. The molecule has 0 aliphatic rings. The van der Waals surface area contributed by atoms with Crippen LogP contribution < -0.4 is 10.8 Å². The van der Waals surface area contributed by atoms with E-state index < -0.39 is 29.2 Å². The Bertz CT molecular complexity index is 1210. The number of hydroxylamine groups is 1. The highest BCUT2D eigenvalue weighted by molar-refractivity contribution is 5.95. The normalized spacial score (nSPS) is 11.9. The number of nitrogens with zero attached hydrogens (tertiary/aromatic N) is 1. The summed E-state index contributed by atoms with van der Waals surface area (Å²) in [7, 11) is 0. The van der Waals surface area contributed by atoms with Gasteiger partial charge in [0.05, 0.1) is 11.8 Å². The zero-order valence-corrected chi connectivity index (χ0v) is 18.8. The Kier molecular flexibility index (Phi) is 8.60. The molecule has 0 aliphatic heterocycles. The lowest BCUT2D eigenvalue weighted by molar-refractivity contribution is -0.133. The van der Waals surface area contributed by atoms with Gasteiger partial charge in [-0.15, -0.1) is 0 Å². The first kappa shape index (κ1) is 25.5. The number of rotatable bonds is 9. The Morgan fingerprint density at radius 1 is 1.14 bits per heavy atom. The summed E-state index contributed by atoms with van der Waals surface area (Å²) in [6.45, 7) is 1.70. The predicted octanol–water partition coefficient (Wildman–Crippen LogP) is 4.14. The lowest BCUT2D eigenvalue weighted by Crippen LogP contribution is -2.31. The van der Waals surface area contributed by atoms with Gasteiger partial charge in [-0.2, -0.15) is 0 Å². The molecule has 0 saturated heterocycles. The highest BCUT2D eigenvalue weighted by atomic mass is 19.1. The van der Waals surface area contributed by atoms with Crippen LogP contribution in [0.25, 0.3) is 11.1 Å². The van der Waals surface area contributed by atoms with Gasteiger partial charge in [-0.25, -0.2) is 8.78 Å². The lowest BCUT2D eigenvalue weighted by atomic mass is 9.96. The molecule has 0 aliphatic carbocycles. The van der Waals surface area contributed by atoms with E-state index in [4.69, 9.17) is 20.6 Å². The van der Waals surface area contributed by atoms with Gasteiger partial charge in [-0.3, -0.25) is 20.9 Å². The number of amides is 1. The van der Waals surface area contributed by atoms with Crippen LogP contribution in [0.5, 0.6) is 0 Å². The Morgan fingerprint density at radius 2 is 1.80 bits per heavy atom. The molecule has 35 heavy (non-hydrogen) atoms. The standard InChI is InChI=1S/C25H24F2N4O4/c1-2-35-23(25(32)29-13-15-7-9-16(10-8-15)24(28)31-34)22-20(26)11-18(12-21(22)27)19-6-4-3-5-17(19)14-30-33/h3-12,14,23,33-34H,2,13H2,1H3,(H2,28,31)(H,29,32)/b30-14-. The molecule has 0 fully saturated rings. The Labute approximate surface area is 200 Å². The average molecular weight is 482 g/mol. The van der Waals surface area contributed by atoms with Crippen molar-refractivity contribution < 1.29 is 28.7 Å². The number of hydrogen-bond donors (Lipinski definition) is 5. The fraction of sp³-hybridized carbons (Fsp3) is 0.160. The van der Waals surface area contributed by atoms with Crippen molar-refractivity contribution in [3.63, 3.8) is 0 Å². The van der Waals surface area contributed by atoms with Gasteiger partial charge in [-0.05, 0) is 35.7 Å². The fourth-order valence-corrected chi connectivity index (χ4v) is 3.52. The van der Waals surface area contributed by atoms with Crippen molar-refractivity contribution in [1.29, 1.82) is 5.41 Å². The Balaban J connectivity index is 1.84. The number of halogens is 2. The summed E-state index contributed by atoms with van der Waals surface area (Å²) >= 11 is 0. The molecule has 3 aromatic carbocycles. The zero-order valence-electron chi connectivity index (χ0n) is 18.8. The second kappa shape index (κ2) is 11.8. The largest absolute Gasteiger partial charge is 0.411 e. The van der Waals surface area contributed by atoms with Crippen molar-refractivity contribution in [2.45, 2.75) is 19.6 Å². The molecule has 0 bridgehead atoms. The quantitative estimate of drug-likeness (QED) is 0.136. The predicted molar refractivity (Wildman–Crippen MR) is 126 cm³/mol. The number of hydrogen-bond acceptors (Lipinski definition) is 6. The van der Waals surface area contributed by atoms with Crippen molar-refractivity contribution in [2.75, 3.05) is 6.61 Å². The van der Waals surface area contributed by atoms with Gasteiger partial charge >= 0.3 is 0 Å². The van der Waals surface area contributed by atoms with E-state index in [2.05, 4.69) is 10.5 Å². The molecule has 5 N–H and O–H groups in total. The Morgan fingerprint density at radius 3 is 2.40 bits per heavy atom. The van der Waals surface area contributed by atoms with Crippen molar-refractivity contribution in [3.8, 4) is 11.1 Å². The molecule has 3 aromatic rings. The lowest BCUT2D eigenvalue weighted by Gasteiger charge is -2.19. The number of carbonyl (C=O) groups is 1. The summed E-state index contributed by atoms with van der Waals surface area (Å²) in [4.78, 5) is 12.8. The van der Waals surface area contributed by atoms with Crippen molar-refractivity contribution in [3.05, 3.63) is 94.6 Å². The molecule has 10 heteroatoms. The first-order valence-electron chi connectivity index (χ1n) is 10.6. The summed E-state index contributed by atoms with van der Waals surface area (Å²) in [6.07, 6.45) is -0.361. The smallest absolute Gasteiger partial charge is 0.254 e. The third-order valence-electron chi connectivity index (χ3n) is 5.20. The van der Waals surface area contributed by atoms with E-state index in [-0.39, 0.29) is 24.6 Å². The molecule has 3 rings (SSSR count). The highest BCUT2D eigenvalue weighted by Gasteiger charge is 2.28. The summed E-state index contributed by atoms with van der Waals surface area (Å²) in [5.41, 5.74) is 3.44. The number of carbonyl (C=O) groups excluding carboxylic acids is 1. The van der Waals surface area contributed by atoms with E-state index in [0.717, 1.165) is 18.3 Å². The number of amidine groups is 1. The minimum absolute atomic E-state index is 0.0412. The van der Waals surface area contributed by atoms with E-state index in [0.29, 0.717) is 22.3 Å². The summed E-state index contributed by atoms with van der Waals surface area (Å²) in [6, 6.07) is 15.3. The van der Waals surface area contributed by atoms with E-state index in [9.17, 15) is 4.79 Å². The molecule has 1 atom stereocenters.